The molecule has 1 aromatic heterocycles. The maximum atomic E-state index is 13.4. The number of nitrogens with zero attached hydrogens (tertiary/aromatic N) is 3. The number of amides is 1. The van der Waals surface area contributed by atoms with Gasteiger partial charge in [0, 0.05) is 42.8 Å². The lowest BCUT2D eigenvalue weighted by molar-refractivity contribution is 0.102. The van der Waals surface area contributed by atoms with Gasteiger partial charge in [0.1, 0.15) is 5.82 Å². The number of halogens is 1. The maximum absolute atomic E-state index is 13.4. The largest absolute Gasteiger partial charge is 0.378 e. The summed E-state index contributed by atoms with van der Waals surface area (Å²) in [7, 11) is 3.88. The number of benzene rings is 3. The second-order valence-corrected chi connectivity index (χ2v) is 7.95. The SMILES string of the molecule is CN(C)c1ccc(C(=O)Nc2cccc(Cn3nc(Nc4cccc(F)c4)ccc3=O)c2)cc1. The number of carbonyl (C=O) groups excluding carboxylic acids is 1. The van der Waals surface area contributed by atoms with Crippen LogP contribution in [0.3, 0.4) is 0 Å². The summed E-state index contributed by atoms with van der Waals surface area (Å²) >= 11 is 0. The topological polar surface area (TPSA) is 79.3 Å². The van der Waals surface area contributed by atoms with Crippen molar-refractivity contribution in [3.63, 3.8) is 0 Å². The molecule has 0 aliphatic heterocycles. The van der Waals surface area contributed by atoms with E-state index in [1.54, 1.807) is 48.5 Å². The molecule has 0 aliphatic carbocycles. The summed E-state index contributed by atoms with van der Waals surface area (Å²) in [6.07, 6.45) is 0. The Labute approximate surface area is 196 Å². The van der Waals surface area contributed by atoms with E-state index in [2.05, 4.69) is 15.7 Å². The zero-order chi connectivity index (χ0) is 24.1. The first kappa shape index (κ1) is 22.7. The fourth-order valence-corrected chi connectivity index (χ4v) is 3.38. The van der Waals surface area contributed by atoms with E-state index in [9.17, 15) is 14.0 Å². The zero-order valence-electron chi connectivity index (χ0n) is 18.8. The molecule has 0 fully saturated rings. The maximum Gasteiger partial charge on any atom is 0.267 e. The minimum atomic E-state index is -0.370. The third-order valence-corrected chi connectivity index (χ3v) is 5.13. The molecule has 34 heavy (non-hydrogen) atoms. The van der Waals surface area contributed by atoms with Crippen LogP contribution in [0.2, 0.25) is 0 Å². The lowest BCUT2D eigenvalue weighted by atomic mass is 10.1. The smallest absolute Gasteiger partial charge is 0.267 e. The number of nitrogens with one attached hydrogen (secondary N) is 2. The average molecular weight is 458 g/mol. The van der Waals surface area contributed by atoms with Gasteiger partial charge in [-0.25, -0.2) is 9.07 Å². The van der Waals surface area contributed by atoms with Crippen molar-refractivity contribution >= 4 is 28.8 Å². The summed E-state index contributed by atoms with van der Waals surface area (Å²) in [5.74, 6) is -0.180. The molecule has 0 unspecified atom stereocenters. The minimum Gasteiger partial charge on any atom is -0.378 e. The molecule has 4 rings (SSSR count). The summed E-state index contributed by atoms with van der Waals surface area (Å²) in [5.41, 5.74) is 3.20. The molecule has 0 bridgehead atoms. The quantitative estimate of drug-likeness (QED) is 0.427. The van der Waals surface area contributed by atoms with E-state index < -0.39 is 0 Å². The van der Waals surface area contributed by atoms with Gasteiger partial charge in [-0.2, -0.15) is 5.10 Å². The molecule has 0 spiro atoms. The predicted octanol–water partition coefficient (Wildman–Crippen LogP) is 4.49. The number of hydrogen-bond acceptors (Lipinski definition) is 5. The molecule has 8 heteroatoms. The van der Waals surface area contributed by atoms with E-state index in [4.69, 9.17) is 0 Å². The first-order chi connectivity index (χ1) is 16.4. The zero-order valence-corrected chi connectivity index (χ0v) is 18.8. The Morgan fingerprint density at radius 1 is 0.941 bits per heavy atom. The lowest BCUT2D eigenvalue weighted by Crippen LogP contribution is -2.23. The number of anilines is 4. The third kappa shape index (κ3) is 5.66. The van der Waals surface area contributed by atoms with Crippen LogP contribution in [0.15, 0.2) is 89.7 Å². The number of aromatic nitrogens is 2. The van der Waals surface area contributed by atoms with Crippen LogP contribution in [0.5, 0.6) is 0 Å². The van der Waals surface area contributed by atoms with Crippen molar-refractivity contribution in [2.45, 2.75) is 6.54 Å². The van der Waals surface area contributed by atoms with E-state index in [1.807, 2.05) is 37.2 Å². The van der Waals surface area contributed by atoms with Gasteiger partial charge < -0.3 is 15.5 Å². The van der Waals surface area contributed by atoms with Gasteiger partial charge in [-0.1, -0.05) is 18.2 Å². The van der Waals surface area contributed by atoms with Crippen LogP contribution in [0, 0.1) is 5.82 Å². The predicted molar refractivity (Wildman–Crippen MR) is 132 cm³/mol. The van der Waals surface area contributed by atoms with Gasteiger partial charge in [-0.15, -0.1) is 0 Å². The molecule has 0 atom stereocenters. The Morgan fingerprint density at radius 3 is 2.41 bits per heavy atom. The summed E-state index contributed by atoms with van der Waals surface area (Å²) in [6, 6.07) is 23.5. The van der Waals surface area contributed by atoms with Crippen molar-refractivity contribution < 1.29 is 9.18 Å². The standard InChI is InChI=1S/C26H24FN5O2/c1-31(2)23-11-9-19(10-12-23)26(34)29-21-7-3-5-18(15-21)17-32-25(33)14-13-24(30-32)28-22-8-4-6-20(27)16-22/h3-16H,17H2,1-2H3,(H,28,30)(H,29,34). The van der Waals surface area contributed by atoms with Crippen molar-refractivity contribution in [3.8, 4) is 0 Å². The van der Waals surface area contributed by atoms with Gasteiger partial charge in [-0.3, -0.25) is 9.59 Å². The molecule has 4 aromatic rings. The number of rotatable bonds is 7. The molecular weight excluding hydrogens is 433 g/mol. The van der Waals surface area contributed by atoms with Crippen LogP contribution >= 0.6 is 0 Å². The molecule has 172 valence electrons. The van der Waals surface area contributed by atoms with Crippen molar-refractivity contribution in [3.05, 3.63) is 112 Å². The van der Waals surface area contributed by atoms with Crippen LogP contribution in [0.1, 0.15) is 15.9 Å². The highest BCUT2D eigenvalue weighted by Crippen LogP contribution is 2.17. The molecule has 0 saturated carbocycles. The van der Waals surface area contributed by atoms with Gasteiger partial charge in [-0.05, 0) is 66.2 Å². The van der Waals surface area contributed by atoms with E-state index in [0.29, 0.717) is 22.8 Å². The van der Waals surface area contributed by atoms with E-state index in [0.717, 1.165) is 11.3 Å². The second-order valence-electron chi connectivity index (χ2n) is 7.95. The summed E-state index contributed by atoms with van der Waals surface area (Å²) in [5, 5.41) is 10.2. The number of hydrogen-bond donors (Lipinski definition) is 2. The van der Waals surface area contributed by atoms with Gasteiger partial charge in [0.05, 0.1) is 6.54 Å². The summed E-state index contributed by atoms with van der Waals surface area (Å²) < 4.78 is 14.7. The highest BCUT2D eigenvalue weighted by molar-refractivity contribution is 6.04. The molecule has 1 amide bonds. The Hall–Kier alpha value is -4.46. The van der Waals surface area contributed by atoms with Gasteiger partial charge in [0.25, 0.3) is 11.5 Å². The summed E-state index contributed by atoms with van der Waals surface area (Å²) in [4.78, 5) is 26.9. The van der Waals surface area contributed by atoms with E-state index in [1.165, 1.54) is 22.9 Å². The van der Waals surface area contributed by atoms with Crippen molar-refractivity contribution in [1.82, 2.24) is 9.78 Å². The van der Waals surface area contributed by atoms with Crippen LogP contribution < -0.4 is 21.1 Å². The molecule has 2 N–H and O–H groups in total. The Balaban J connectivity index is 1.47. The minimum absolute atomic E-state index is 0.207. The van der Waals surface area contributed by atoms with E-state index >= 15 is 0 Å². The molecular formula is C26H24FN5O2. The highest BCUT2D eigenvalue weighted by Gasteiger charge is 2.08. The van der Waals surface area contributed by atoms with Gasteiger partial charge in [0.2, 0.25) is 0 Å². The van der Waals surface area contributed by atoms with E-state index in [-0.39, 0.29) is 23.8 Å². The van der Waals surface area contributed by atoms with Crippen molar-refractivity contribution in [2.75, 3.05) is 29.6 Å². The Bertz CT molecular complexity index is 1370. The second kappa shape index (κ2) is 9.99. The first-order valence-corrected chi connectivity index (χ1v) is 10.7. The van der Waals surface area contributed by atoms with Crippen LogP contribution in [0.25, 0.3) is 0 Å². The molecule has 0 radical (unpaired) electrons. The summed E-state index contributed by atoms with van der Waals surface area (Å²) in [6.45, 7) is 0.207. The average Bonchev–Trinajstić information content (AvgIpc) is 2.81. The Kier molecular flexibility index (Phi) is 6.68. The van der Waals surface area contributed by atoms with Crippen LogP contribution in [-0.2, 0) is 6.54 Å². The fraction of sp³-hybridized carbons (Fsp3) is 0.115. The Morgan fingerprint density at radius 2 is 1.68 bits per heavy atom. The first-order valence-electron chi connectivity index (χ1n) is 10.7. The normalized spacial score (nSPS) is 10.6. The molecule has 3 aromatic carbocycles. The monoisotopic (exact) mass is 457 g/mol. The lowest BCUT2D eigenvalue weighted by Gasteiger charge is -2.13. The third-order valence-electron chi connectivity index (χ3n) is 5.13. The highest BCUT2D eigenvalue weighted by atomic mass is 19.1. The van der Waals surface area contributed by atoms with Gasteiger partial charge in [0.15, 0.2) is 5.82 Å². The van der Waals surface area contributed by atoms with Gasteiger partial charge >= 0.3 is 0 Å². The molecule has 0 aliphatic rings. The van der Waals surface area contributed by atoms with Crippen LogP contribution in [-0.4, -0.2) is 29.8 Å². The molecule has 0 saturated heterocycles. The molecule has 1 heterocycles. The van der Waals surface area contributed by atoms with Crippen molar-refractivity contribution in [2.24, 2.45) is 0 Å². The number of carbonyl (C=O) groups is 1. The fourth-order valence-electron chi connectivity index (χ4n) is 3.38. The van der Waals surface area contributed by atoms with Crippen LogP contribution in [0.4, 0.5) is 27.3 Å². The molecule has 7 nitrogen and oxygen atoms in total. The van der Waals surface area contributed by atoms with Crippen molar-refractivity contribution in [1.29, 1.82) is 0 Å².